The number of hydrogen-bond acceptors (Lipinski definition) is 8. The lowest BCUT2D eigenvalue weighted by molar-refractivity contribution is -0.0416. The van der Waals surface area contributed by atoms with Gasteiger partial charge >= 0.3 is 0 Å². The molecule has 0 aromatic heterocycles. The van der Waals surface area contributed by atoms with Crippen LogP contribution in [0.4, 0.5) is 0 Å². The van der Waals surface area contributed by atoms with Gasteiger partial charge in [-0.1, -0.05) is 96.1 Å². The molecule has 0 N–H and O–H groups in total. The molecule has 0 aliphatic carbocycles. The Labute approximate surface area is 285 Å². The third-order valence-corrected chi connectivity index (χ3v) is 11.2. The van der Waals surface area contributed by atoms with Gasteiger partial charge in [0, 0.05) is 25.0 Å². The Kier molecular flexibility index (Phi) is 12.6. The van der Waals surface area contributed by atoms with E-state index >= 15 is 0 Å². The van der Waals surface area contributed by atoms with Crippen molar-refractivity contribution in [2.45, 2.75) is 61.5 Å². The molecule has 8 nitrogen and oxygen atoms in total. The first-order valence-electron chi connectivity index (χ1n) is 16.4. The van der Waals surface area contributed by atoms with Gasteiger partial charge in [-0.15, -0.1) is 0 Å². The molecular formula is C38H44O8S2. The SMILES string of the molecule is Cc1ccc(S(=O)(=O)OC[C@@H]2CCCO[C@H]2c2ccccc2)cc1.Cc1ccc(S(=O)(=O)OC[C@@H]2CCCO[C@H]2c2ccccc2)cc1. The zero-order valence-corrected chi connectivity index (χ0v) is 29.1. The monoisotopic (exact) mass is 692 g/mol. The summed E-state index contributed by atoms with van der Waals surface area (Å²) >= 11 is 0. The van der Waals surface area contributed by atoms with Crippen LogP contribution in [0.15, 0.2) is 119 Å². The van der Waals surface area contributed by atoms with Crippen LogP contribution in [0.25, 0.3) is 0 Å². The Morgan fingerprint density at radius 1 is 0.542 bits per heavy atom. The molecule has 256 valence electrons. The Hall–Kier alpha value is -3.38. The number of ether oxygens (including phenoxy) is 2. The minimum absolute atomic E-state index is 0.0290. The first kappa shape index (κ1) is 35.9. The maximum absolute atomic E-state index is 12.4. The first-order chi connectivity index (χ1) is 23.1. The van der Waals surface area contributed by atoms with Crippen molar-refractivity contribution in [3.8, 4) is 0 Å². The van der Waals surface area contributed by atoms with E-state index in [-0.39, 0.29) is 47.0 Å². The number of rotatable bonds is 10. The Balaban J connectivity index is 0.000000188. The maximum atomic E-state index is 12.4. The molecule has 2 saturated heterocycles. The van der Waals surface area contributed by atoms with Gasteiger partial charge in [-0.2, -0.15) is 16.8 Å². The summed E-state index contributed by atoms with van der Waals surface area (Å²) < 4.78 is 71.9. The molecule has 6 rings (SSSR count). The smallest absolute Gasteiger partial charge is 0.296 e. The van der Waals surface area contributed by atoms with Gasteiger partial charge < -0.3 is 9.47 Å². The highest BCUT2D eigenvalue weighted by molar-refractivity contribution is 7.87. The van der Waals surface area contributed by atoms with Crippen LogP contribution < -0.4 is 0 Å². The first-order valence-corrected chi connectivity index (χ1v) is 19.2. The molecule has 0 amide bonds. The van der Waals surface area contributed by atoms with E-state index in [0.29, 0.717) is 13.2 Å². The maximum Gasteiger partial charge on any atom is 0.296 e. The van der Waals surface area contributed by atoms with Crippen molar-refractivity contribution >= 4 is 20.2 Å². The van der Waals surface area contributed by atoms with E-state index in [9.17, 15) is 16.8 Å². The predicted octanol–water partition coefficient (Wildman–Crippen LogP) is 7.74. The number of benzene rings is 4. The van der Waals surface area contributed by atoms with Crippen molar-refractivity contribution in [1.82, 2.24) is 0 Å². The molecule has 0 spiro atoms. The predicted molar refractivity (Wildman–Crippen MR) is 184 cm³/mol. The highest BCUT2D eigenvalue weighted by Gasteiger charge is 2.31. The number of aryl methyl sites for hydroxylation is 2. The molecule has 0 radical (unpaired) electrons. The summed E-state index contributed by atoms with van der Waals surface area (Å²) in [5, 5.41) is 0. The molecule has 2 heterocycles. The molecule has 0 unspecified atom stereocenters. The highest BCUT2D eigenvalue weighted by atomic mass is 32.2. The van der Waals surface area contributed by atoms with E-state index in [0.717, 1.165) is 47.9 Å². The molecule has 0 bridgehead atoms. The quantitative estimate of drug-likeness (QED) is 0.156. The van der Waals surface area contributed by atoms with Crippen LogP contribution >= 0.6 is 0 Å². The summed E-state index contributed by atoms with van der Waals surface area (Å²) in [6.07, 6.45) is 3.39. The highest BCUT2D eigenvalue weighted by Crippen LogP contribution is 2.35. The summed E-state index contributed by atoms with van der Waals surface area (Å²) in [4.78, 5) is 0.391. The minimum atomic E-state index is -3.74. The van der Waals surface area contributed by atoms with Crippen LogP contribution in [0.5, 0.6) is 0 Å². The molecule has 2 aliphatic heterocycles. The second kappa shape index (κ2) is 16.8. The lowest BCUT2D eigenvalue weighted by Gasteiger charge is -2.31. The van der Waals surface area contributed by atoms with Crippen LogP contribution in [0.1, 0.15) is 60.1 Å². The summed E-state index contributed by atoms with van der Waals surface area (Å²) in [6.45, 7) is 5.50. The fourth-order valence-corrected chi connectivity index (χ4v) is 7.87. The van der Waals surface area contributed by atoms with Gasteiger partial charge in [0.05, 0.1) is 35.2 Å². The normalized spacial score (nSPS) is 21.5. The van der Waals surface area contributed by atoms with Crippen molar-refractivity contribution in [1.29, 1.82) is 0 Å². The van der Waals surface area contributed by atoms with Crippen LogP contribution in [-0.2, 0) is 38.1 Å². The van der Waals surface area contributed by atoms with Crippen molar-refractivity contribution in [2.75, 3.05) is 26.4 Å². The van der Waals surface area contributed by atoms with Crippen molar-refractivity contribution in [3.05, 3.63) is 131 Å². The fraction of sp³-hybridized carbons (Fsp3) is 0.368. The van der Waals surface area contributed by atoms with Gasteiger partial charge in [0.15, 0.2) is 0 Å². The number of hydrogen-bond donors (Lipinski definition) is 0. The molecule has 10 heteroatoms. The van der Waals surface area contributed by atoms with Gasteiger partial charge in [-0.3, -0.25) is 8.37 Å². The van der Waals surface area contributed by atoms with E-state index in [1.54, 1.807) is 48.5 Å². The Morgan fingerprint density at radius 2 is 0.896 bits per heavy atom. The van der Waals surface area contributed by atoms with Crippen LogP contribution in [-0.4, -0.2) is 43.3 Å². The average Bonchev–Trinajstić information content (AvgIpc) is 3.12. The van der Waals surface area contributed by atoms with Crippen LogP contribution in [0.3, 0.4) is 0 Å². The fourth-order valence-electron chi connectivity index (χ4n) is 5.95. The van der Waals surface area contributed by atoms with E-state index in [1.165, 1.54) is 0 Å². The lowest BCUT2D eigenvalue weighted by Crippen LogP contribution is -2.27. The second-order valence-electron chi connectivity index (χ2n) is 12.3. The van der Waals surface area contributed by atoms with E-state index in [2.05, 4.69) is 0 Å². The third-order valence-electron chi connectivity index (χ3n) is 8.64. The third kappa shape index (κ3) is 9.84. The molecule has 4 aromatic carbocycles. The summed E-state index contributed by atoms with van der Waals surface area (Å²) in [5.74, 6) is 0.0581. The zero-order valence-electron chi connectivity index (χ0n) is 27.4. The molecule has 48 heavy (non-hydrogen) atoms. The van der Waals surface area contributed by atoms with Crippen LogP contribution in [0, 0.1) is 25.7 Å². The summed E-state index contributed by atoms with van der Waals surface area (Å²) in [7, 11) is -7.48. The zero-order chi connectivity index (χ0) is 34.0. The van der Waals surface area contributed by atoms with Gasteiger partial charge in [-0.05, 0) is 74.9 Å². The van der Waals surface area contributed by atoms with Crippen molar-refractivity contribution in [2.24, 2.45) is 11.8 Å². The Morgan fingerprint density at radius 3 is 1.25 bits per heavy atom. The second-order valence-corrected chi connectivity index (χ2v) is 15.5. The van der Waals surface area contributed by atoms with E-state index in [1.807, 2.05) is 74.5 Å². The summed E-state index contributed by atoms with van der Waals surface area (Å²) in [6, 6.07) is 33.2. The standard InChI is InChI=1S/2C19H22O4S/c2*1-15-9-11-18(12-10-15)24(20,21)23-14-17-8-5-13-22-19(17)16-6-3-2-4-7-16/h2*2-4,6-7,9-12,17,19H,5,8,13-14H2,1H3/t2*17-,19-/m00/s1. The van der Waals surface area contributed by atoms with Gasteiger partial charge in [0.1, 0.15) is 0 Å². The van der Waals surface area contributed by atoms with Gasteiger partial charge in [0.25, 0.3) is 20.2 Å². The van der Waals surface area contributed by atoms with Gasteiger partial charge in [-0.25, -0.2) is 0 Å². The molecule has 0 saturated carbocycles. The van der Waals surface area contributed by atoms with Crippen molar-refractivity contribution in [3.63, 3.8) is 0 Å². The molecular weight excluding hydrogens is 649 g/mol. The van der Waals surface area contributed by atoms with E-state index < -0.39 is 20.2 Å². The topological polar surface area (TPSA) is 105 Å². The molecule has 4 aromatic rings. The van der Waals surface area contributed by atoms with Crippen molar-refractivity contribution < 1.29 is 34.7 Å². The van der Waals surface area contributed by atoms with E-state index in [4.69, 9.17) is 17.8 Å². The average molecular weight is 693 g/mol. The lowest BCUT2D eigenvalue weighted by atomic mass is 9.90. The largest absolute Gasteiger partial charge is 0.373 e. The molecule has 2 aliphatic rings. The summed E-state index contributed by atoms with van der Waals surface area (Å²) in [5.41, 5.74) is 4.16. The Bertz CT molecular complexity index is 1640. The molecule has 4 atom stereocenters. The van der Waals surface area contributed by atoms with Crippen LogP contribution in [0.2, 0.25) is 0 Å². The minimum Gasteiger partial charge on any atom is -0.373 e. The van der Waals surface area contributed by atoms with Gasteiger partial charge in [0.2, 0.25) is 0 Å². The molecule has 2 fully saturated rings.